The number of benzene rings is 1. The predicted molar refractivity (Wildman–Crippen MR) is 83.0 cm³/mol. The lowest BCUT2D eigenvalue weighted by Gasteiger charge is -2.26. The highest BCUT2D eigenvalue weighted by molar-refractivity contribution is 5.96. The fourth-order valence-electron chi connectivity index (χ4n) is 3.23. The summed E-state index contributed by atoms with van der Waals surface area (Å²) in [4.78, 5) is 12.1. The molecule has 20 heavy (non-hydrogen) atoms. The summed E-state index contributed by atoms with van der Waals surface area (Å²) >= 11 is 0. The Morgan fingerprint density at radius 2 is 2.05 bits per heavy atom. The third kappa shape index (κ3) is 3.04. The van der Waals surface area contributed by atoms with E-state index >= 15 is 0 Å². The molecule has 2 N–H and O–H groups in total. The van der Waals surface area contributed by atoms with Gasteiger partial charge in [0.2, 0.25) is 0 Å². The number of nitrogens with one attached hydrogen (secondary N) is 2. The van der Waals surface area contributed by atoms with Crippen LogP contribution in [0, 0.1) is 5.92 Å². The molecule has 0 aliphatic carbocycles. The average molecular weight is 274 g/mol. The van der Waals surface area contributed by atoms with Crippen LogP contribution in [-0.2, 0) is 6.42 Å². The average Bonchev–Trinajstić information content (AvgIpc) is 2.66. The quantitative estimate of drug-likeness (QED) is 0.866. The molecule has 1 aromatic rings. The number of rotatable bonds is 5. The molecule has 0 spiro atoms. The second kappa shape index (κ2) is 6.89. The standard InChI is InChI=1S/C17H26N2O/c1-4-12(5-2)16(18-3)14-9-8-13-7-6-10-19-17(20)15(13)11-14/h8-9,11-12,16,18H,4-7,10H2,1-3H3,(H,19,20). The molecular formula is C17H26N2O. The van der Waals surface area contributed by atoms with Crippen LogP contribution in [-0.4, -0.2) is 19.5 Å². The van der Waals surface area contributed by atoms with Crippen LogP contribution in [0.5, 0.6) is 0 Å². The molecule has 1 atom stereocenters. The molecule has 0 radical (unpaired) electrons. The molecule has 0 fully saturated rings. The van der Waals surface area contributed by atoms with E-state index in [0.717, 1.165) is 37.8 Å². The van der Waals surface area contributed by atoms with Crippen molar-refractivity contribution in [2.24, 2.45) is 5.92 Å². The second-order valence-electron chi connectivity index (χ2n) is 5.62. The van der Waals surface area contributed by atoms with E-state index in [-0.39, 0.29) is 5.91 Å². The minimum Gasteiger partial charge on any atom is -0.352 e. The van der Waals surface area contributed by atoms with Crippen LogP contribution in [0.25, 0.3) is 0 Å². The van der Waals surface area contributed by atoms with E-state index in [1.54, 1.807) is 0 Å². The van der Waals surface area contributed by atoms with Gasteiger partial charge in [0.15, 0.2) is 0 Å². The van der Waals surface area contributed by atoms with Crippen molar-refractivity contribution in [3.05, 3.63) is 34.9 Å². The van der Waals surface area contributed by atoms with Gasteiger partial charge in [0.25, 0.3) is 5.91 Å². The van der Waals surface area contributed by atoms with E-state index in [4.69, 9.17) is 0 Å². The van der Waals surface area contributed by atoms with Gasteiger partial charge in [0.05, 0.1) is 0 Å². The first kappa shape index (κ1) is 15.0. The molecule has 1 aliphatic rings. The Kier molecular flexibility index (Phi) is 5.18. The van der Waals surface area contributed by atoms with Crippen LogP contribution in [0.3, 0.4) is 0 Å². The highest BCUT2D eigenvalue weighted by atomic mass is 16.1. The molecule has 0 saturated heterocycles. The lowest BCUT2D eigenvalue weighted by Crippen LogP contribution is -2.26. The van der Waals surface area contributed by atoms with Crippen LogP contribution in [0.15, 0.2) is 18.2 Å². The van der Waals surface area contributed by atoms with E-state index in [9.17, 15) is 4.79 Å². The van der Waals surface area contributed by atoms with Crippen molar-refractivity contribution in [2.45, 2.75) is 45.6 Å². The molecule has 0 saturated carbocycles. The Labute approximate surface area is 122 Å². The van der Waals surface area contributed by atoms with Crippen molar-refractivity contribution < 1.29 is 4.79 Å². The van der Waals surface area contributed by atoms with Gasteiger partial charge in [-0.05, 0) is 43.0 Å². The maximum atomic E-state index is 12.1. The summed E-state index contributed by atoms with van der Waals surface area (Å²) in [5.74, 6) is 0.686. The van der Waals surface area contributed by atoms with Gasteiger partial charge in [0, 0.05) is 18.2 Å². The second-order valence-corrected chi connectivity index (χ2v) is 5.62. The van der Waals surface area contributed by atoms with Crippen LogP contribution < -0.4 is 10.6 Å². The number of carbonyl (C=O) groups is 1. The Hall–Kier alpha value is -1.35. The van der Waals surface area contributed by atoms with Crippen LogP contribution in [0.1, 0.15) is 60.6 Å². The van der Waals surface area contributed by atoms with E-state index < -0.39 is 0 Å². The minimum atomic E-state index is 0.0822. The van der Waals surface area contributed by atoms with E-state index in [0.29, 0.717) is 12.0 Å². The van der Waals surface area contributed by atoms with E-state index in [1.807, 2.05) is 7.05 Å². The molecule has 0 aromatic heterocycles. The van der Waals surface area contributed by atoms with E-state index in [1.165, 1.54) is 11.1 Å². The number of amides is 1. The molecule has 2 rings (SSSR count). The lowest BCUT2D eigenvalue weighted by molar-refractivity contribution is 0.0956. The topological polar surface area (TPSA) is 41.1 Å². The van der Waals surface area contributed by atoms with Gasteiger partial charge < -0.3 is 10.6 Å². The van der Waals surface area contributed by atoms with Gasteiger partial charge in [0.1, 0.15) is 0 Å². The van der Waals surface area contributed by atoms with Crippen molar-refractivity contribution in [1.29, 1.82) is 0 Å². The summed E-state index contributed by atoms with van der Waals surface area (Å²) in [6.07, 6.45) is 4.31. The highest BCUT2D eigenvalue weighted by Gasteiger charge is 2.22. The Bertz CT molecular complexity index is 466. The summed E-state index contributed by atoms with van der Waals surface area (Å²) < 4.78 is 0. The van der Waals surface area contributed by atoms with Crippen LogP contribution in [0.2, 0.25) is 0 Å². The molecular weight excluding hydrogens is 248 g/mol. The lowest BCUT2D eigenvalue weighted by atomic mass is 9.87. The van der Waals surface area contributed by atoms with Gasteiger partial charge in [-0.3, -0.25) is 4.79 Å². The van der Waals surface area contributed by atoms with Crippen LogP contribution >= 0.6 is 0 Å². The minimum absolute atomic E-state index is 0.0822. The summed E-state index contributed by atoms with van der Waals surface area (Å²) in [5, 5.41) is 6.41. The smallest absolute Gasteiger partial charge is 0.251 e. The molecule has 0 bridgehead atoms. The molecule has 1 unspecified atom stereocenters. The Morgan fingerprint density at radius 1 is 1.30 bits per heavy atom. The zero-order chi connectivity index (χ0) is 14.5. The van der Waals surface area contributed by atoms with Gasteiger partial charge in [-0.1, -0.05) is 38.8 Å². The summed E-state index contributed by atoms with van der Waals surface area (Å²) in [5.41, 5.74) is 3.28. The van der Waals surface area contributed by atoms with Gasteiger partial charge in [-0.2, -0.15) is 0 Å². The number of fused-ring (bicyclic) bond motifs is 1. The fourth-order valence-corrected chi connectivity index (χ4v) is 3.23. The molecule has 1 amide bonds. The zero-order valence-corrected chi connectivity index (χ0v) is 12.8. The Morgan fingerprint density at radius 3 is 2.70 bits per heavy atom. The maximum absolute atomic E-state index is 12.1. The van der Waals surface area contributed by atoms with Gasteiger partial charge in [-0.15, -0.1) is 0 Å². The third-order valence-electron chi connectivity index (χ3n) is 4.48. The number of hydrogen-bond acceptors (Lipinski definition) is 2. The zero-order valence-electron chi connectivity index (χ0n) is 12.8. The molecule has 1 heterocycles. The summed E-state index contributed by atoms with van der Waals surface area (Å²) in [6.45, 7) is 5.24. The first-order valence-corrected chi connectivity index (χ1v) is 7.79. The molecule has 3 nitrogen and oxygen atoms in total. The Balaban J connectivity index is 2.35. The molecule has 3 heteroatoms. The SMILES string of the molecule is CCC(CC)C(NC)c1ccc2c(c1)C(=O)NCCC2. The number of carbonyl (C=O) groups excluding carboxylic acids is 1. The summed E-state index contributed by atoms with van der Waals surface area (Å²) in [6, 6.07) is 6.75. The van der Waals surface area contributed by atoms with E-state index in [2.05, 4.69) is 42.7 Å². The molecule has 110 valence electrons. The van der Waals surface area contributed by atoms with Crippen LogP contribution in [0.4, 0.5) is 0 Å². The molecule has 1 aliphatic heterocycles. The fraction of sp³-hybridized carbons (Fsp3) is 0.588. The molecule has 1 aromatic carbocycles. The predicted octanol–water partition coefficient (Wildman–Crippen LogP) is 3.06. The monoisotopic (exact) mass is 274 g/mol. The maximum Gasteiger partial charge on any atom is 0.251 e. The van der Waals surface area contributed by atoms with Crippen molar-refractivity contribution >= 4 is 5.91 Å². The first-order valence-electron chi connectivity index (χ1n) is 7.79. The van der Waals surface area contributed by atoms with Gasteiger partial charge >= 0.3 is 0 Å². The number of hydrogen-bond donors (Lipinski definition) is 2. The normalized spacial score (nSPS) is 16.5. The van der Waals surface area contributed by atoms with Crippen molar-refractivity contribution in [2.75, 3.05) is 13.6 Å². The summed E-state index contributed by atoms with van der Waals surface area (Å²) in [7, 11) is 2.01. The van der Waals surface area contributed by atoms with Crippen molar-refractivity contribution in [3.63, 3.8) is 0 Å². The first-order chi connectivity index (χ1) is 9.71. The van der Waals surface area contributed by atoms with Crippen molar-refractivity contribution in [1.82, 2.24) is 10.6 Å². The number of aryl methyl sites for hydroxylation is 1. The third-order valence-corrected chi connectivity index (χ3v) is 4.48. The highest BCUT2D eigenvalue weighted by Crippen LogP contribution is 2.29. The van der Waals surface area contributed by atoms with Crippen molar-refractivity contribution in [3.8, 4) is 0 Å². The van der Waals surface area contributed by atoms with Gasteiger partial charge in [-0.25, -0.2) is 0 Å². The largest absolute Gasteiger partial charge is 0.352 e.